The fourth-order valence-corrected chi connectivity index (χ4v) is 3.55. The second-order valence-electron chi connectivity index (χ2n) is 7.18. The van der Waals surface area contributed by atoms with Crippen LogP contribution in [0.25, 0.3) is 22.3 Å². The summed E-state index contributed by atoms with van der Waals surface area (Å²) in [5.41, 5.74) is 2.18. The second-order valence-corrected chi connectivity index (χ2v) is 7.18. The number of aromatic amines is 1. The number of pyridine rings is 1. The van der Waals surface area contributed by atoms with E-state index in [1.54, 1.807) is 23.2 Å². The molecule has 0 aliphatic heterocycles. The zero-order valence-corrected chi connectivity index (χ0v) is 15.7. The molecule has 0 saturated heterocycles. The first kappa shape index (κ1) is 17.4. The van der Waals surface area contributed by atoms with Gasteiger partial charge >= 0.3 is 5.69 Å². The normalized spacial score (nSPS) is 13.7. The molecule has 3 heterocycles. The topological polar surface area (TPSA) is 97.6 Å². The lowest BCUT2D eigenvalue weighted by Gasteiger charge is -2.04. The molecule has 1 aromatic carbocycles. The highest BCUT2D eigenvalue weighted by Crippen LogP contribution is 2.36. The monoisotopic (exact) mass is 388 g/mol. The van der Waals surface area contributed by atoms with Gasteiger partial charge < -0.3 is 10.3 Å². The molecule has 1 fully saturated rings. The molecule has 1 aliphatic rings. The molecule has 0 spiro atoms. The molecule has 5 rings (SSSR count). The Hall–Kier alpha value is -3.68. The number of para-hydroxylation sites is 1. The van der Waals surface area contributed by atoms with Crippen molar-refractivity contribution in [3.05, 3.63) is 71.0 Å². The van der Waals surface area contributed by atoms with Crippen LogP contribution in [0.1, 0.15) is 29.2 Å². The number of rotatable bonds is 6. The number of fused-ring (bicyclic) bond motifs is 1. The third-order valence-electron chi connectivity index (χ3n) is 5.15. The molecule has 1 aliphatic carbocycles. The standard InChI is InChI=1S/C21H20N6O2/c28-20(17-13-24-18-6-2-1-5-16(17)18)23-10-11-26-21(29)27(15-7-8-15)19(25-26)14-4-3-9-22-12-14/h1-6,9,12-13,15,24H,7-8,10-11H2,(H,23,28). The summed E-state index contributed by atoms with van der Waals surface area (Å²) in [7, 11) is 0. The van der Waals surface area contributed by atoms with Gasteiger partial charge in [0.25, 0.3) is 5.91 Å². The fraction of sp³-hybridized carbons (Fsp3) is 0.238. The van der Waals surface area contributed by atoms with E-state index in [0.717, 1.165) is 29.3 Å². The highest BCUT2D eigenvalue weighted by molar-refractivity contribution is 6.06. The summed E-state index contributed by atoms with van der Waals surface area (Å²) in [6.07, 6.45) is 7.07. The van der Waals surface area contributed by atoms with Crippen molar-refractivity contribution < 1.29 is 4.79 Å². The van der Waals surface area contributed by atoms with Gasteiger partial charge in [-0.1, -0.05) is 18.2 Å². The van der Waals surface area contributed by atoms with Crippen LogP contribution in [0, 0.1) is 0 Å². The number of H-pyrrole nitrogens is 1. The molecule has 4 aromatic rings. The Labute approximate surface area is 166 Å². The molecule has 0 radical (unpaired) electrons. The van der Waals surface area contributed by atoms with E-state index < -0.39 is 0 Å². The quantitative estimate of drug-likeness (QED) is 0.530. The van der Waals surface area contributed by atoms with E-state index in [1.807, 2.05) is 36.4 Å². The highest BCUT2D eigenvalue weighted by atomic mass is 16.2. The summed E-state index contributed by atoms with van der Waals surface area (Å²) in [5, 5.41) is 8.28. The number of hydrogen-bond donors (Lipinski definition) is 2. The zero-order valence-electron chi connectivity index (χ0n) is 15.7. The van der Waals surface area contributed by atoms with Gasteiger partial charge in [0.1, 0.15) is 0 Å². The Morgan fingerprint density at radius 3 is 2.86 bits per heavy atom. The number of amides is 1. The average Bonchev–Trinajstić information content (AvgIpc) is 3.40. The lowest BCUT2D eigenvalue weighted by molar-refractivity contribution is 0.0953. The Morgan fingerprint density at radius 1 is 1.21 bits per heavy atom. The Kier molecular flexibility index (Phi) is 4.23. The van der Waals surface area contributed by atoms with Crippen molar-refractivity contribution in [3.8, 4) is 11.4 Å². The third-order valence-corrected chi connectivity index (χ3v) is 5.15. The van der Waals surface area contributed by atoms with Gasteiger partial charge in [0.05, 0.1) is 12.1 Å². The molecule has 2 N–H and O–H groups in total. The van der Waals surface area contributed by atoms with E-state index >= 15 is 0 Å². The van der Waals surface area contributed by atoms with Crippen molar-refractivity contribution in [3.63, 3.8) is 0 Å². The van der Waals surface area contributed by atoms with Crippen LogP contribution in [0.4, 0.5) is 0 Å². The number of aromatic nitrogens is 5. The first-order valence-corrected chi connectivity index (χ1v) is 9.66. The van der Waals surface area contributed by atoms with Gasteiger partial charge in [-0.3, -0.25) is 14.3 Å². The van der Waals surface area contributed by atoms with E-state index in [2.05, 4.69) is 20.4 Å². The maximum atomic E-state index is 12.8. The lowest BCUT2D eigenvalue weighted by Crippen LogP contribution is -2.32. The molecule has 1 amide bonds. The summed E-state index contributed by atoms with van der Waals surface area (Å²) in [4.78, 5) is 32.6. The Balaban J connectivity index is 1.33. The van der Waals surface area contributed by atoms with Crippen LogP contribution in [0.3, 0.4) is 0 Å². The number of nitrogens with one attached hydrogen (secondary N) is 2. The number of carbonyl (C=O) groups is 1. The van der Waals surface area contributed by atoms with E-state index in [1.165, 1.54) is 4.68 Å². The molecule has 8 heteroatoms. The van der Waals surface area contributed by atoms with Gasteiger partial charge in [-0.15, -0.1) is 5.10 Å². The van der Waals surface area contributed by atoms with Crippen molar-refractivity contribution in [1.29, 1.82) is 0 Å². The maximum absolute atomic E-state index is 12.8. The summed E-state index contributed by atoms with van der Waals surface area (Å²) >= 11 is 0. The van der Waals surface area contributed by atoms with Gasteiger partial charge in [0.15, 0.2) is 5.82 Å². The van der Waals surface area contributed by atoms with Gasteiger partial charge in [-0.2, -0.15) is 0 Å². The van der Waals surface area contributed by atoms with E-state index in [-0.39, 0.29) is 17.6 Å². The molecule has 0 unspecified atom stereocenters. The van der Waals surface area contributed by atoms with Crippen LogP contribution >= 0.6 is 0 Å². The van der Waals surface area contributed by atoms with Crippen molar-refractivity contribution in [2.24, 2.45) is 0 Å². The van der Waals surface area contributed by atoms with Gasteiger partial charge in [-0.05, 0) is 31.0 Å². The predicted molar refractivity (Wildman–Crippen MR) is 109 cm³/mol. The number of benzene rings is 1. The minimum Gasteiger partial charge on any atom is -0.360 e. The predicted octanol–water partition coefficient (Wildman–Crippen LogP) is 2.35. The number of carbonyl (C=O) groups excluding carboxylic acids is 1. The lowest BCUT2D eigenvalue weighted by atomic mass is 10.1. The first-order chi connectivity index (χ1) is 14.2. The van der Waals surface area contributed by atoms with Crippen molar-refractivity contribution in [2.75, 3.05) is 6.54 Å². The van der Waals surface area contributed by atoms with E-state index in [0.29, 0.717) is 24.5 Å². The van der Waals surface area contributed by atoms with E-state index in [4.69, 9.17) is 0 Å². The van der Waals surface area contributed by atoms with Crippen LogP contribution < -0.4 is 11.0 Å². The Bertz CT molecular complexity index is 1230. The van der Waals surface area contributed by atoms with Gasteiger partial charge in [0.2, 0.25) is 0 Å². The van der Waals surface area contributed by atoms with Crippen LogP contribution in [0.5, 0.6) is 0 Å². The van der Waals surface area contributed by atoms with Crippen molar-refractivity contribution in [1.82, 2.24) is 29.6 Å². The van der Waals surface area contributed by atoms with Crippen LogP contribution in [0.2, 0.25) is 0 Å². The van der Waals surface area contributed by atoms with Crippen LogP contribution in [-0.4, -0.2) is 36.8 Å². The fourth-order valence-electron chi connectivity index (χ4n) is 3.55. The van der Waals surface area contributed by atoms with Crippen LogP contribution in [-0.2, 0) is 6.54 Å². The van der Waals surface area contributed by atoms with E-state index in [9.17, 15) is 9.59 Å². The second kappa shape index (κ2) is 7.05. The molecule has 3 aromatic heterocycles. The Morgan fingerprint density at radius 2 is 2.07 bits per heavy atom. The van der Waals surface area contributed by atoms with Crippen molar-refractivity contribution in [2.45, 2.75) is 25.4 Å². The summed E-state index contributed by atoms with van der Waals surface area (Å²) < 4.78 is 3.18. The van der Waals surface area contributed by atoms with Crippen LogP contribution in [0.15, 0.2) is 59.8 Å². The summed E-state index contributed by atoms with van der Waals surface area (Å²) in [6, 6.07) is 11.6. The number of hydrogen-bond acceptors (Lipinski definition) is 4. The molecule has 8 nitrogen and oxygen atoms in total. The van der Waals surface area contributed by atoms with Gasteiger partial charge in [-0.25, -0.2) is 9.48 Å². The maximum Gasteiger partial charge on any atom is 0.346 e. The average molecular weight is 388 g/mol. The van der Waals surface area contributed by atoms with Gasteiger partial charge in [0, 0.05) is 47.6 Å². The molecule has 1 saturated carbocycles. The molecule has 146 valence electrons. The summed E-state index contributed by atoms with van der Waals surface area (Å²) in [6.45, 7) is 0.617. The minimum atomic E-state index is -0.176. The third kappa shape index (κ3) is 3.22. The molecule has 0 bridgehead atoms. The molecule has 29 heavy (non-hydrogen) atoms. The smallest absolute Gasteiger partial charge is 0.346 e. The van der Waals surface area contributed by atoms with Crippen molar-refractivity contribution >= 4 is 16.8 Å². The zero-order chi connectivity index (χ0) is 19.8. The molecule has 0 atom stereocenters. The summed E-state index contributed by atoms with van der Waals surface area (Å²) in [5.74, 6) is 0.457. The SMILES string of the molecule is O=C(NCCn1nc(-c2cccnc2)n(C2CC2)c1=O)c1c[nH]c2ccccc12. The number of nitrogens with zero attached hydrogens (tertiary/aromatic N) is 4. The highest BCUT2D eigenvalue weighted by Gasteiger charge is 2.30. The largest absolute Gasteiger partial charge is 0.360 e. The molecular weight excluding hydrogens is 368 g/mol. The molecular formula is C21H20N6O2. The minimum absolute atomic E-state index is 0.146. The first-order valence-electron chi connectivity index (χ1n) is 9.66.